The summed E-state index contributed by atoms with van der Waals surface area (Å²) >= 11 is 1.59. The molecule has 1 aromatic heterocycles. The number of para-hydroxylation sites is 1. The van der Waals surface area contributed by atoms with Gasteiger partial charge in [0.05, 0.1) is 5.69 Å². The molecule has 0 saturated heterocycles. The molecule has 1 heterocycles. The van der Waals surface area contributed by atoms with Crippen LogP contribution in [0.25, 0.3) is 5.69 Å². The maximum atomic E-state index is 12.1. The third-order valence-corrected chi connectivity index (χ3v) is 5.61. The third-order valence-electron chi connectivity index (χ3n) is 4.68. The van der Waals surface area contributed by atoms with Gasteiger partial charge >= 0.3 is 0 Å². The molecule has 1 N–H and O–H groups in total. The lowest BCUT2D eigenvalue weighted by Crippen LogP contribution is -2.36. The number of nitrogens with zero attached hydrogens (tertiary/aromatic N) is 3. The van der Waals surface area contributed by atoms with Crippen LogP contribution in [-0.4, -0.2) is 32.5 Å². The molecule has 1 aliphatic rings. The average Bonchev–Trinajstić information content (AvgIpc) is 2.97. The van der Waals surface area contributed by atoms with Crippen molar-refractivity contribution in [2.75, 3.05) is 5.75 Å². The van der Waals surface area contributed by atoms with E-state index in [1.807, 2.05) is 19.1 Å². The van der Waals surface area contributed by atoms with E-state index in [-0.39, 0.29) is 5.91 Å². The van der Waals surface area contributed by atoms with Crippen molar-refractivity contribution in [2.45, 2.75) is 63.6 Å². The van der Waals surface area contributed by atoms with E-state index in [0.29, 0.717) is 18.2 Å². The Morgan fingerprint density at radius 2 is 1.96 bits per heavy atom. The molecule has 0 bridgehead atoms. The number of carbonyl (C=O) groups is 1. The lowest BCUT2D eigenvalue weighted by Gasteiger charge is -2.22. The Hall–Kier alpha value is -1.82. The molecule has 6 heteroatoms. The van der Waals surface area contributed by atoms with Gasteiger partial charge in [0, 0.05) is 18.2 Å². The first-order valence-corrected chi connectivity index (χ1v) is 10.0. The summed E-state index contributed by atoms with van der Waals surface area (Å²) in [5.74, 6) is 1.73. The maximum absolute atomic E-state index is 12.1. The normalized spacial score (nSPS) is 15.3. The number of amides is 1. The van der Waals surface area contributed by atoms with Gasteiger partial charge in [-0.15, -0.1) is 10.2 Å². The number of carbonyl (C=O) groups excluding carboxylic acids is 1. The van der Waals surface area contributed by atoms with Crippen LogP contribution in [0.5, 0.6) is 0 Å². The van der Waals surface area contributed by atoms with Gasteiger partial charge in [0.15, 0.2) is 5.16 Å². The van der Waals surface area contributed by atoms with Crippen molar-refractivity contribution in [1.82, 2.24) is 20.1 Å². The van der Waals surface area contributed by atoms with Crippen LogP contribution >= 0.6 is 11.8 Å². The molecule has 2 aromatic rings. The number of aryl methyl sites for hydroxylation is 2. The zero-order valence-electron chi connectivity index (χ0n) is 15.0. The number of rotatable bonds is 6. The molecule has 1 fully saturated rings. The summed E-state index contributed by atoms with van der Waals surface area (Å²) in [6, 6.07) is 8.59. The fourth-order valence-corrected chi connectivity index (χ4v) is 4.24. The van der Waals surface area contributed by atoms with Gasteiger partial charge < -0.3 is 5.32 Å². The predicted octanol–water partition coefficient (Wildman–Crippen LogP) is 3.82. The zero-order valence-corrected chi connectivity index (χ0v) is 15.8. The minimum atomic E-state index is 0.151. The number of hydrogen-bond acceptors (Lipinski definition) is 4. The summed E-state index contributed by atoms with van der Waals surface area (Å²) < 4.78 is 2.07. The van der Waals surface area contributed by atoms with Crippen LogP contribution in [0.2, 0.25) is 0 Å². The highest BCUT2D eigenvalue weighted by Gasteiger charge is 2.17. The van der Waals surface area contributed by atoms with Crippen molar-refractivity contribution in [3.63, 3.8) is 0 Å². The van der Waals surface area contributed by atoms with E-state index in [1.54, 1.807) is 11.8 Å². The quantitative estimate of drug-likeness (QED) is 0.798. The fraction of sp³-hybridized carbons (Fsp3) is 0.526. The molecule has 0 spiro atoms. The van der Waals surface area contributed by atoms with E-state index in [0.717, 1.165) is 29.5 Å². The molecule has 1 aromatic carbocycles. The second kappa shape index (κ2) is 8.52. The van der Waals surface area contributed by atoms with Crippen molar-refractivity contribution >= 4 is 17.7 Å². The molecule has 0 unspecified atom stereocenters. The van der Waals surface area contributed by atoms with E-state index in [4.69, 9.17) is 0 Å². The van der Waals surface area contributed by atoms with Crippen molar-refractivity contribution < 1.29 is 4.79 Å². The van der Waals surface area contributed by atoms with E-state index >= 15 is 0 Å². The lowest BCUT2D eigenvalue weighted by atomic mass is 9.95. The molecule has 1 saturated carbocycles. The molecule has 0 aliphatic heterocycles. The average molecular weight is 359 g/mol. The lowest BCUT2D eigenvalue weighted by molar-refractivity contribution is -0.121. The van der Waals surface area contributed by atoms with E-state index < -0.39 is 0 Å². The van der Waals surface area contributed by atoms with E-state index in [1.165, 1.54) is 24.8 Å². The number of benzene rings is 1. The van der Waals surface area contributed by atoms with Gasteiger partial charge in [-0.05, 0) is 38.3 Å². The minimum absolute atomic E-state index is 0.151. The highest BCUT2D eigenvalue weighted by molar-refractivity contribution is 7.99. The van der Waals surface area contributed by atoms with Gasteiger partial charge in [0.2, 0.25) is 5.91 Å². The van der Waals surface area contributed by atoms with Gasteiger partial charge in [-0.2, -0.15) is 0 Å². The van der Waals surface area contributed by atoms with Crippen LogP contribution in [0, 0.1) is 13.8 Å². The number of aromatic nitrogens is 3. The van der Waals surface area contributed by atoms with Crippen LogP contribution in [0.3, 0.4) is 0 Å². The molecule has 0 radical (unpaired) electrons. The Morgan fingerprint density at radius 1 is 1.20 bits per heavy atom. The molecule has 5 nitrogen and oxygen atoms in total. The minimum Gasteiger partial charge on any atom is -0.353 e. The largest absolute Gasteiger partial charge is 0.353 e. The summed E-state index contributed by atoms with van der Waals surface area (Å²) in [6.07, 6.45) is 6.54. The molecular weight excluding hydrogens is 332 g/mol. The summed E-state index contributed by atoms with van der Waals surface area (Å²) in [6.45, 7) is 4.04. The van der Waals surface area contributed by atoms with Crippen LogP contribution in [-0.2, 0) is 4.79 Å². The van der Waals surface area contributed by atoms with Crippen molar-refractivity contribution in [3.05, 3.63) is 35.7 Å². The molecule has 0 atom stereocenters. The van der Waals surface area contributed by atoms with Crippen molar-refractivity contribution in [1.29, 1.82) is 0 Å². The Bertz CT molecular complexity index is 722. The van der Waals surface area contributed by atoms with E-state index in [9.17, 15) is 4.79 Å². The van der Waals surface area contributed by atoms with Crippen molar-refractivity contribution in [3.8, 4) is 5.69 Å². The summed E-state index contributed by atoms with van der Waals surface area (Å²) in [4.78, 5) is 12.1. The van der Waals surface area contributed by atoms with Gasteiger partial charge in [-0.3, -0.25) is 9.36 Å². The number of thioether (sulfide) groups is 1. The topological polar surface area (TPSA) is 59.8 Å². The first-order valence-electron chi connectivity index (χ1n) is 9.05. The maximum Gasteiger partial charge on any atom is 0.221 e. The smallest absolute Gasteiger partial charge is 0.221 e. The van der Waals surface area contributed by atoms with Gasteiger partial charge in [-0.1, -0.05) is 49.2 Å². The van der Waals surface area contributed by atoms with Crippen LogP contribution in [0.15, 0.2) is 29.4 Å². The second-order valence-electron chi connectivity index (χ2n) is 6.65. The number of hydrogen-bond donors (Lipinski definition) is 1. The summed E-state index contributed by atoms with van der Waals surface area (Å²) in [7, 11) is 0. The standard InChI is InChI=1S/C19H26N4OS/c1-14-8-6-7-11-17(14)23-15(2)21-22-19(23)25-13-12-18(24)20-16-9-4-3-5-10-16/h6-8,11,16H,3-5,9-10,12-13H2,1-2H3,(H,20,24). The highest BCUT2D eigenvalue weighted by Crippen LogP contribution is 2.24. The molecule has 134 valence electrons. The van der Waals surface area contributed by atoms with Crippen LogP contribution < -0.4 is 5.32 Å². The Kier molecular flexibility index (Phi) is 6.13. The molecule has 1 aliphatic carbocycles. The van der Waals surface area contributed by atoms with Gasteiger partial charge in [0.25, 0.3) is 0 Å². The van der Waals surface area contributed by atoms with Crippen LogP contribution in [0.4, 0.5) is 0 Å². The van der Waals surface area contributed by atoms with Crippen LogP contribution in [0.1, 0.15) is 49.9 Å². The Balaban J connectivity index is 1.57. The fourth-order valence-electron chi connectivity index (χ4n) is 3.31. The van der Waals surface area contributed by atoms with Crippen molar-refractivity contribution in [2.24, 2.45) is 0 Å². The molecular formula is C19H26N4OS. The second-order valence-corrected chi connectivity index (χ2v) is 7.71. The SMILES string of the molecule is Cc1ccccc1-n1c(C)nnc1SCCC(=O)NC1CCCCC1. The zero-order chi connectivity index (χ0) is 17.6. The highest BCUT2D eigenvalue weighted by atomic mass is 32.2. The Morgan fingerprint density at radius 3 is 2.72 bits per heavy atom. The molecule has 25 heavy (non-hydrogen) atoms. The summed E-state index contributed by atoms with van der Waals surface area (Å²) in [5, 5.41) is 12.5. The molecule has 3 rings (SSSR count). The first kappa shape index (κ1) is 18.0. The predicted molar refractivity (Wildman–Crippen MR) is 101 cm³/mol. The monoisotopic (exact) mass is 358 g/mol. The van der Waals surface area contributed by atoms with E-state index in [2.05, 4.69) is 39.1 Å². The third kappa shape index (κ3) is 4.63. The summed E-state index contributed by atoms with van der Waals surface area (Å²) in [5.41, 5.74) is 2.28. The number of nitrogens with one attached hydrogen (secondary N) is 1. The van der Waals surface area contributed by atoms with Gasteiger partial charge in [-0.25, -0.2) is 0 Å². The molecule has 1 amide bonds. The Labute approximate surface area is 153 Å². The van der Waals surface area contributed by atoms with Gasteiger partial charge in [0.1, 0.15) is 5.82 Å². The first-order chi connectivity index (χ1) is 12.1.